The minimum Gasteiger partial charge on any atom is -0.388 e. The highest BCUT2D eigenvalue weighted by Crippen LogP contribution is 2.27. The Labute approximate surface area is 126 Å². The van der Waals surface area contributed by atoms with Gasteiger partial charge in [-0.2, -0.15) is 0 Å². The van der Waals surface area contributed by atoms with E-state index in [2.05, 4.69) is 15.3 Å². The average Bonchev–Trinajstić information content (AvgIpc) is 2.68. The average molecular weight is 294 g/mol. The van der Waals surface area contributed by atoms with Gasteiger partial charge in [0.05, 0.1) is 5.60 Å². The molecule has 1 aliphatic carbocycles. The third kappa shape index (κ3) is 5.13. The van der Waals surface area contributed by atoms with Crippen LogP contribution in [0.5, 0.6) is 0 Å². The van der Waals surface area contributed by atoms with Crippen molar-refractivity contribution in [2.75, 3.05) is 24.2 Å². The van der Waals surface area contributed by atoms with Crippen molar-refractivity contribution in [2.45, 2.75) is 57.7 Å². The molecule has 0 spiro atoms. The molecule has 0 amide bonds. The van der Waals surface area contributed by atoms with Gasteiger partial charge in [0.25, 0.3) is 0 Å². The summed E-state index contributed by atoms with van der Waals surface area (Å²) in [5.74, 6) is 1.62. The van der Waals surface area contributed by atoms with Crippen LogP contribution in [0.2, 0.25) is 0 Å². The van der Waals surface area contributed by atoms with E-state index in [1.165, 1.54) is 12.8 Å². The van der Waals surface area contributed by atoms with E-state index in [0.29, 0.717) is 37.2 Å². The Morgan fingerprint density at radius 3 is 2.67 bits per heavy atom. The van der Waals surface area contributed by atoms with Crippen molar-refractivity contribution in [1.82, 2.24) is 9.97 Å². The SMILES string of the molecule is CCOCc1nc(N)cc(NCC2(O)CCCCCC2)n1. The van der Waals surface area contributed by atoms with Crippen molar-refractivity contribution in [3.8, 4) is 0 Å². The maximum absolute atomic E-state index is 10.6. The quantitative estimate of drug-likeness (QED) is 0.696. The van der Waals surface area contributed by atoms with Crippen LogP contribution in [-0.2, 0) is 11.3 Å². The third-order valence-corrected chi connectivity index (χ3v) is 3.86. The number of hydrogen-bond donors (Lipinski definition) is 3. The summed E-state index contributed by atoms with van der Waals surface area (Å²) in [4.78, 5) is 8.51. The number of anilines is 2. The normalized spacial score (nSPS) is 18.2. The van der Waals surface area contributed by atoms with Crippen LogP contribution in [0, 0.1) is 0 Å². The van der Waals surface area contributed by atoms with Crippen LogP contribution in [0.3, 0.4) is 0 Å². The maximum Gasteiger partial charge on any atom is 0.158 e. The van der Waals surface area contributed by atoms with E-state index < -0.39 is 5.60 Å². The summed E-state index contributed by atoms with van der Waals surface area (Å²) in [6, 6.07) is 1.69. The molecule has 0 saturated heterocycles. The van der Waals surface area contributed by atoms with Crippen LogP contribution in [0.15, 0.2) is 6.07 Å². The Kier molecular flexibility index (Phi) is 5.76. The molecule has 0 unspecified atom stereocenters. The predicted molar refractivity (Wildman–Crippen MR) is 82.9 cm³/mol. The van der Waals surface area contributed by atoms with Gasteiger partial charge < -0.3 is 20.9 Å². The number of aliphatic hydroxyl groups is 1. The number of hydrogen-bond acceptors (Lipinski definition) is 6. The molecule has 1 aliphatic rings. The number of nitrogens with zero attached hydrogens (tertiary/aromatic N) is 2. The zero-order valence-electron chi connectivity index (χ0n) is 12.8. The van der Waals surface area contributed by atoms with Crippen LogP contribution < -0.4 is 11.1 Å². The van der Waals surface area contributed by atoms with Gasteiger partial charge in [-0.05, 0) is 19.8 Å². The highest BCUT2D eigenvalue weighted by molar-refractivity contribution is 5.44. The van der Waals surface area contributed by atoms with E-state index in [1.807, 2.05) is 6.92 Å². The van der Waals surface area contributed by atoms with Gasteiger partial charge >= 0.3 is 0 Å². The number of rotatable bonds is 6. The number of nitrogen functional groups attached to an aromatic ring is 1. The van der Waals surface area contributed by atoms with Gasteiger partial charge in [-0.25, -0.2) is 9.97 Å². The monoisotopic (exact) mass is 294 g/mol. The Hall–Kier alpha value is -1.40. The summed E-state index contributed by atoms with van der Waals surface area (Å²) in [5, 5.41) is 13.8. The fourth-order valence-corrected chi connectivity index (χ4v) is 2.68. The third-order valence-electron chi connectivity index (χ3n) is 3.86. The van der Waals surface area contributed by atoms with Gasteiger partial charge in [0.15, 0.2) is 5.82 Å². The molecule has 0 bridgehead atoms. The number of ether oxygens (including phenoxy) is 1. The van der Waals surface area contributed by atoms with Crippen LogP contribution in [-0.4, -0.2) is 33.8 Å². The lowest BCUT2D eigenvalue weighted by atomic mass is 9.94. The Balaban J connectivity index is 1.96. The smallest absolute Gasteiger partial charge is 0.158 e. The fraction of sp³-hybridized carbons (Fsp3) is 0.733. The van der Waals surface area contributed by atoms with Gasteiger partial charge in [-0.15, -0.1) is 0 Å². The summed E-state index contributed by atoms with van der Waals surface area (Å²) in [7, 11) is 0. The van der Waals surface area contributed by atoms with Crippen LogP contribution >= 0.6 is 0 Å². The van der Waals surface area contributed by atoms with E-state index in [-0.39, 0.29) is 0 Å². The molecular formula is C15H26N4O2. The Bertz CT molecular complexity index is 445. The van der Waals surface area contributed by atoms with E-state index >= 15 is 0 Å². The standard InChI is InChI=1S/C15H26N4O2/c1-2-21-10-14-18-12(16)9-13(19-14)17-11-15(20)7-5-3-4-6-8-15/h9,20H,2-8,10-11H2,1H3,(H3,16,17,18,19). The molecular weight excluding hydrogens is 268 g/mol. The summed E-state index contributed by atoms with van der Waals surface area (Å²) >= 11 is 0. The zero-order valence-corrected chi connectivity index (χ0v) is 12.8. The predicted octanol–water partition coefficient (Wildman–Crippen LogP) is 2.09. The van der Waals surface area contributed by atoms with Crippen molar-refractivity contribution < 1.29 is 9.84 Å². The first-order chi connectivity index (χ1) is 10.1. The minimum absolute atomic E-state index is 0.348. The fourth-order valence-electron chi connectivity index (χ4n) is 2.68. The first kappa shape index (κ1) is 16.0. The van der Waals surface area contributed by atoms with Crippen LogP contribution in [0.1, 0.15) is 51.3 Å². The van der Waals surface area contributed by atoms with Gasteiger partial charge in [-0.1, -0.05) is 25.7 Å². The number of nitrogens with one attached hydrogen (secondary N) is 1. The lowest BCUT2D eigenvalue weighted by Gasteiger charge is -2.27. The van der Waals surface area contributed by atoms with Gasteiger partial charge in [-0.3, -0.25) is 0 Å². The molecule has 0 atom stereocenters. The van der Waals surface area contributed by atoms with Crippen molar-refractivity contribution >= 4 is 11.6 Å². The lowest BCUT2D eigenvalue weighted by Crippen LogP contribution is -2.36. The summed E-state index contributed by atoms with van der Waals surface area (Å²) in [6.45, 7) is 3.38. The Morgan fingerprint density at radius 1 is 1.29 bits per heavy atom. The topological polar surface area (TPSA) is 93.3 Å². The zero-order chi connectivity index (χ0) is 15.1. The van der Waals surface area contributed by atoms with Gasteiger partial charge in [0.2, 0.25) is 0 Å². The number of aromatic nitrogens is 2. The molecule has 1 fully saturated rings. The van der Waals surface area contributed by atoms with Crippen molar-refractivity contribution in [2.24, 2.45) is 0 Å². The molecule has 0 aliphatic heterocycles. The van der Waals surface area contributed by atoms with E-state index in [9.17, 15) is 5.11 Å². The number of nitrogens with two attached hydrogens (primary N) is 1. The van der Waals surface area contributed by atoms with Crippen LogP contribution in [0.4, 0.5) is 11.6 Å². The molecule has 6 nitrogen and oxygen atoms in total. The highest BCUT2D eigenvalue weighted by atomic mass is 16.5. The first-order valence-corrected chi connectivity index (χ1v) is 7.79. The summed E-state index contributed by atoms with van der Waals surface area (Å²) in [5.41, 5.74) is 5.15. The van der Waals surface area contributed by atoms with Crippen molar-refractivity contribution in [3.05, 3.63) is 11.9 Å². The molecule has 1 heterocycles. The molecule has 1 aromatic heterocycles. The second kappa shape index (κ2) is 7.56. The van der Waals surface area contributed by atoms with Crippen molar-refractivity contribution in [1.29, 1.82) is 0 Å². The molecule has 0 radical (unpaired) electrons. The molecule has 1 saturated carbocycles. The lowest BCUT2D eigenvalue weighted by molar-refractivity contribution is 0.0380. The molecule has 4 N–H and O–H groups in total. The molecule has 2 rings (SSSR count). The van der Waals surface area contributed by atoms with Gasteiger partial charge in [0, 0.05) is 19.2 Å². The summed E-state index contributed by atoms with van der Waals surface area (Å²) in [6.07, 6.45) is 6.26. The second-order valence-electron chi connectivity index (χ2n) is 5.72. The maximum atomic E-state index is 10.6. The van der Waals surface area contributed by atoms with E-state index in [1.54, 1.807) is 6.07 Å². The van der Waals surface area contributed by atoms with Gasteiger partial charge in [0.1, 0.15) is 18.2 Å². The molecule has 118 valence electrons. The highest BCUT2D eigenvalue weighted by Gasteiger charge is 2.27. The molecule has 21 heavy (non-hydrogen) atoms. The van der Waals surface area contributed by atoms with E-state index in [0.717, 1.165) is 25.7 Å². The minimum atomic E-state index is -0.643. The Morgan fingerprint density at radius 2 is 2.00 bits per heavy atom. The summed E-state index contributed by atoms with van der Waals surface area (Å²) < 4.78 is 5.30. The van der Waals surface area contributed by atoms with Crippen molar-refractivity contribution in [3.63, 3.8) is 0 Å². The van der Waals surface area contributed by atoms with Crippen LogP contribution in [0.25, 0.3) is 0 Å². The largest absolute Gasteiger partial charge is 0.388 e. The molecule has 1 aromatic rings. The second-order valence-corrected chi connectivity index (χ2v) is 5.72. The first-order valence-electron chi connectivity index (χ1n) is 7.79. The molecule has 6 heteroatoms. The molecule has 0 aromatic carbocycles. The van der Waals surface area contributed by atoms with E-state index in [4.69, 9.17) is 10.5 Å².